The number of piperidine rings is 1. The largest absolute Gasteiger partial charge is 0.484 e. The Labute approximate surface area is 179 Å². The van der Waals surface area contributed by atoms with Gasteiger partial charge in [-0.2, -0.15) is 4.98 Å². The topological polar surface area (TPSA) is 110 Å². The summed E-state index contributed by atoms with van der Waals surface area (Å²) in [6.07, 6.45) is 4.15. The predicted octanol–water partition coefficient (Wildman–Crippen LogP) is 2.62. The molecule has 1 saturated heterocycles. The molecule has 1 N–H and O–H groups in total. The van der Waals surface area contributed by atoms with Gasteiger partial charge in [0.05, 0.1) is 0 Å². The normalized spacial score (nSPS) is 16.0. The molecule has 4 rings (SSSR count). The van der Waals surface area contributed by atoms with Gasteiger partial charge in [0, 0.05) is 25.4 Å². The van der Waals surface area contributed by atoms with E-state index in [0.717, 1.165) is 19.3 Å². The fourth-order valence-corrected chi connectivity index (χ4v) is 3.51. The first kappa shape index (κ1) is 20.5. The van der Waals surface area contributed by atoms with E-state index in [4.69, 9.17) is 9.26 Å². The number of hydrogen-bond donors (Lipinski definition) is 1. The highest BCUT2D eigenvalue weighted by Gasteiger charge is 2.32. The quantitative estimate of drug-likeness (QED) is 0.651. The highest BCUT2D eigenvalue weighted by Crippen LogP contribution is 2.31. The third-order valence-electron chi connectivity index (χ3n) is 5.14. The van der Waals surface area contributed by atoms with E-state index in [0.29, 0.717) is 35.3 Å². The number of likely N-dealkylation sites (tertiary alicyclic amines) is 1. The molecule has 31 heavy (non-hydrogen) atoms. The van der Waals surface area contributed by atoms with Gasteiger partial charge in [0.2, 0.25) is 11.7 Å². The molecule has 9 nitrogen and oxygen atoms in total. The van der Waals surface area contributed by atoms with Crippen molar-refractivity contribution in [3.8, 4) is 17.1 Å². The molecule has 1 aliphatic rings. The molecule has 9 heteroatoms. The van der Waals surface area contributed by atoms with Gasteiger partial charge in [-0.25, -0.2) is 0 Å². The van der Waals surface area contributed by atoms with E-state index in [1.165, 1.54) is 6.20 Å². The molecule has 1 atom stereocenters. The van der Waals surface area contributed by atoms with E-state index in [1.54, 1.807) is 24.1 Å². The van der Waals surface area contributed by atoms with Gasteiger partial charge in [0.1, 0.15) is 17.5 Å². The van der Waals surface area contributed by atoms with Crippen molar-refractivity contribution in [3.63, 3.8) is 0 Å². The standard InChI is InChI=1S/C22H23N5O4/c1-23-21(29)17-11-10-15(13-24-17)20-25-22(31-26-20)18-9-5-6-12-27(18)19(28)14-30-16-7-3-2-4-8-16/h2-4,7-8,10-11,13,18H,5-6,9,12,14H2,1H3,(H,23,29)/t18-/m1/s1. The van der Waals surface area contributed by atoms with Crippen LogP contribution in [-0.4, -0.2) is 52.0 Å². The first-order chi connectivity index (χ1) is 15.2. The van der Waals surface area contributed by atoms with Crippen molar-refractivity contribution in [2.45, 2.75) is 25.3 Å². The molecular formula is C22H23N5O4. The van der Waals surface area contributed by atoms with Crippen LogP contribution in [0.25, 0.3) is 11.4 Å². The SMILES string of the molecule is CNC(=O)c1ccc(-c2noc([C@H]3CCCCN3C(=O)COc3ccccc3)n2)cn1. The minimum atomic E-state index is -0.292. The minimum absolute atomic E-state index is 0.0492. The van der Waals surface area contributed by atoms with Gasteiger partial charge in [-0.3, -0.25) is 14.6 Å². The van der Waals surface area contributed by atoms with E-state index < -0.39 is 0 Å². The number of nitrogens with one attached hydrogen (secondary N) is 1. The van der Waals surface area contributed by atoms with Crippen molar-refractivity contribution < 1.29 is 18.8 Å². The third kappa shape index (κ3) is 4.71. The maximum atomic E-state index is 12.8. The fraction of sp³-hybridized carbons (Fsp3) is 0.318. The summed E-state index contributed by atoms with van der Waals surface area (Å²) in [5.41, 5.74) is 0.932. The molecule has 0 saturated carbocycles. The van der Waals surface area contributed by atoms with Crippen LogP contribution in [0.1, 0.15) is 41.7 Å². The molecule has 2 amide bonds. The molecule has 3 heterocycles. The second-order valence-electron chi connectivity index (χ2n) is 7.17. The number of carbonyl (C=O) groups excluding carboxylic acids is 2. The Morgan fingerprint density at radius 1 is 1.19 bits per heavy atom. The minimum Gasteiger partial charge on any atom is -0.484 e. The lowest BCUT2D eigenvalue weighted by Crippen LogP contribution is -2.41. The smallest absolute Gasteiger partial charge is 0.269 e. The first-order valence-corrected chi connectivity index (χ1v) is 10.1. The van der Waals surface area contributed by atoms with E-state index in [9.17, 15) is 9.59 Å². The summed E-state index contributed by atoms with van der Waals surface area (Å²) in [4.78, 5) is 34.8. The number of pyridine rings is 1. The van der Waals surface area contributed by atoms with Gasteiger partial charge in [-0.15, -0.1) is 0 Å². The average Bonchev–Trinajstić information content (AvgIpc) is 3.33. The molecular weight excluding hydrogens is 398 g/mol. The number of benzene rings is 1. The van der Waals surface area contributed by atoms with E-state index in [-0.39, 0.29) is 24.5 Å². The van der Waals surface area contributed by atoms with Crippen LogP contribution in [0.5, 0.6) is 5.75 Å². The van der Waals surface area contributed by atoms with E-state index in [2.05, 4.69) is 20.4 Å². The number of carbonyl (C=O) groups is 2. The molecule has 0 spiro atoms. The van der Waals surface area contributed by atoms with Crippen LogP contribution in [0.15, 0.2) is 53.2 Å². The number of aromatic nitrogens is 3. The summed E-state index contributed by atoms with van der Waals surface area (Å²) in [6.45, 7) is 0.564. The molecule has 0 aliphatic carbocycles. The highest BCUT2D eigenvalue weighted by atomic mass is 16.5. The van der Waals surface area contributed by atoms with Crippen LogP contribution in [0.2, 0.25) is 0 Å². The molecule has 1 fully saturated rings. The van der Waals surface area contributed by atoms with Crippen molar-refractivity contribution in [2.24, 2.45) is 0 Å². The number of nitrogens with zero attached hydrogens (tertiary/aromatic N) is 4. The number of rotatable bonds is 6. The van der Waals surface area contributed by atoms with Gasteiger partial charge in [-0.05, 0) is 43.5 Å². The van der Waals surface area contributed by atoms with Crippen molar-refractivity contribution in [3.05, 3.63) is 60.2 Å². The molecule has 3 aromatic rings. The Kier molecular flexibility index (Phi) is 6.21. The van der Waals surface area contributed by atoms with Crippen molar-refractivity contribution in [1.29, 1.82) is 0 Å². The third-order valence-corrected chi connectivity index (χ3v) is 5.14. The lowest BCUT2D eigenvalue weighted by molar-refractivity contribution is -0.138. The summed E-state index contributed by atoms with van der Waals surface area (Å²) in [7, 11) is 1.55. The van der Waals surface area contributed by atoms with E-state index in [1.807, 2.05) is 30.3 Å². The molecule has 160 valence electrons. The van der Waals surface area contributed by atoms with E-state index >= 15 is 0 Å². The molecule has 1 aliphatic heterocycles. The van der Waals surface area contributed by atoms with Gasteiger partial charge < -0.3 is 19.5 Å². The van der Waals surface area contributed by atoms with Gasteiger partial charge >= 0.3 is 0 Å². The zero-order chi connectivity index (χ0) is 21.6. The monoisotopic (exact) mass is 421 g/mol. The lowest BCUT2D eigenvalue weighted by Gasteiger charge is -2.33. The fourth-order valence-electron chi connectivity index (χ4n) is 3.51. The number of hydrogen-bond acceptors (Lipinski definition) is 7. The number of para-hydroxylation sites is 1. The van der Waals surface area contributed by atoms with Crippen LogP contribution in [0, 0.1) is 0 Å². The summed E-state index contributed by atoms with van der Waals surface area (Å²) in [5, 5.41) is 6.57. The Morgan fingerprint density at radius 2 is 2.03 bits per heavy atom. The Hall–Kier alpha value is -3.75. The maximum absolute atomic E-state index is 12.8. The van der Waals surface area contributed by atoms with Crippen LogP contribution < -0.4 is 10.1 Å². The van der Waals surface area contributed by atoms with Crippen molar-refractivity contribution in [2.75, 3.05) is 20.2 Å². The van der Waals surface area contributed by atoms with Crippen LogP contribution >= 0.6 is 0 Å². The van der Waals surface area contributed by atoms with Crippen LogP contribution in [0.3, 0.4) is 0 Å². The Morgan fingerprint density at radius 3 is 2.77 bits per heavy atom. The zero-order valence-electron chi connectivity index (χ0n) is 17.2. The second kappa shape index (κ2) is 9.38. The average molecular weight is 421 g/mol. The van der Waals surface area contributed by atoms with Gasteiger partial charge in [0.25, 0.3) is 11.8 Å². The molecule has 1 aromatic carbocycles. The van der Waals surface area contributed by atoms with Crippen molar-refractivity contribution in [1.82, 2.24) is 25.3 Å². The Balaban J connectivity index is 1.46. The molecule has 0 bridgehead atoms. The van der Waals surface area contributed by atoms with Crippen LogP contribution in [-0.2, 0) is 4.79 Å². The Bertz CT molecular complexity index is 1040. The molecule has 0 radical (unpaired) electrons. The number of ether oxygens (including phenoxy) is 1. The summed E-state index contributed by atoms with van der Waals surface area (Å²) < 4.78 is 11.1. The van der Waals surface area contributed by atoms with Gasteiger partial charge in [0.15, 0.2) is 6.61 Å². The predicted molar refractivity (Wildman–Crippen MR) is 111 cm³/mol. The summed E-state index contributed by atoms with van der Waals surface area (Å²) in [5.74, 6) is 1.01. The molecule has 0 unspecified atom stereocenters. The van der Waals surface area contributed by atoms with Crippen LogP contribution in [0.4, 0.5) is 0 Å². The summed E-state index contributed by atoms with van der Waals surface area (Å²) in [6, 6.07) is 12.3. The van der Waals surface area contributed by atoms with Gasteiger partial charge in [-0.1, -0.05) is 23.4 Å². The zero-order valence-corrected chi connectivity index (χ0v) is 17.2. The maximum Gasteiger partial charge on any atom is 0.269 e. The second-order valence-corrected chi connectivity index (χ2v) is 7.17. The summed E-state index contributed by atoms with van der Waals surface area (Å²) >= 11 is 0. The number of amides is 2. The highest BCUT2D eigenvalue weighted by molar-refractivity contribution is 5.92. The first-order valence-electron chi connectivity index (χ1n) is 10.1. The molecule has 2 aromatic heterocycles. The lowest BCUT2D eigenvalue weighted by atomic mass is 10.0. The van der Waals surface area contributed by atoms with Crippen molar-refractivity contribution >= 4 is 11.8 Å².